The van der Waals surface area contributed by atoms with Crippen LogP contribution in [0.5, 0.6) is 0 Å². The second-order valence-corrected chi connectivity index (χ2v) is 6.98. The summed E-state index contributed by atoms with van der Waals surface area (Å²) in [5, 5.41) is 2.40. The van der Waals surface area contributed by atoms with Crippen LogP contribution in [0.2, 0.25) is 5.02 Å². The Kier molecular flexibility index (Phi) is 4.64. The molecule has 4 nitrogen and oxygen atoms in total. The van der Waals surface area contributed by atoms with E-state index in [4.69, 9.17) is 16.3 Å². The van der Waals surface area contributed by atoms with Gasteiger partial charge in [-0.25, -0.2) is 4.79 Å². The summed E-state index contributed by atoms with van der Waals surface area (Å²) in [7, 11) is 0. The molecule has 1 amide bonds. The van der Waals surface area contributed by atoms with Gasteiger partial charge in [-0.2, -0.15) is 0 Å². The van der Waals surface area contributed by atoms with Gasteiger partial charge in [0.1, 0.15) is 0 Å². The van der Waals surface area contributed by atoms with Crippen LogP contribution in [-0.4, -0.2) is 34.3 Å². The fraction of sp³-hybridized carbons (Fsp3) is 0.312. The fourth-order valence-electron chi connectivity index (χ4n) is 2.65. The van der Waals surface area contributed by atoms with Crippen molar-refractivity contribution in [2.45, 2.75) is 23.0 Å². The molecule has 0 bridgehead atoms. The third kappa shape index (κ3) is 3.25. The lowest BCUT2D eigenvalue weighted by Gasteiger charge is -2.30. The minimum atomic E-state index is -0.308. The molecule has 0 spiro atoms. The number of carbonyl (C=O) groups excluding carboxylic acids is 1. The molecule has 1 aromatic heterocycles. The van der Waals surface area contributed by atoms with Crippen LogP contribution < -0.4 is 0 Å². The number of hydrogen-bond acceptors (Lipinski definition) is 3. The molecule has 2 aromatic rings. The Labute approximate surface area is 138 Å². The number of ether oxygens (including phenoxy) is 1. The van der Waals surface area contributed by atoms with E-state index in [9.17, 15) is 4.79 Å². The lowest BCUT2D eigenvalue weighted by Crippen LogP contribution is -2.39. The van der Waals surface area contributed by atoms with Crippen LogP contribution in [0.25, 0.3) is 10.9 Å². The van der Waals surface area contributed by atoms with Gasteiger partial charge in [-0.05, 0) is 31.0 Å². The first-order chi connectivity index (χ1) is 10.7. The Bertz CT molecular complexity index is 693. The molecule has 3 rings (SSSR count). The summed E-state index contributed by atoms with van der Waals surface area (Å²) in [6, 6.07) is 5.88. The number of benzene rings is 1. The summed E-state index contributed by atoms with van der Waals surface area (Å²) in [4.78, 5) is 17.9. The number of aromatic amines is 1. The Morgan fingerprint density at radius 2 is 2.23 bits per heavy atom. The van der Waals surface area contributed by atoms with Gasteiger partial charge in [0, 0.05) is 45.4 Å². The standard InChI is InChI=1S/C16H17ClN2O2S/c1-2-21-16(20)19-7-5-12(6-8-19)22-15-10-18-14-4-3-11(17)9-13(14)15/h2-4,9-10,12,18H,1,5-8H2. The third-order valence-corrected chi connectivity index (χ3v) is 5.42. The minimum absolute atomic E-state index is 0.308. The predicted molar refractivity (Wildman–Crippen MR) is 90.4 cm³/mol. The number of amides is 1. The molecule has 0 aliphatic carbocycles. The second-order valence-electron chi connectivity index (χ2n) is 5.20. The molecule has 1 aromatic carbocycles. The normalized spacial score (nSPS) is 16.0. The van der Waals surface area contributed by atoms with Crippen LogP contribution in [0.3, 0.4) is 0 Å². The van der Waals surface area contributed by atoms with Gasteiger partial charge in [-0.1, -0.05) is 18.2 Å². The SMILES string of the molecule is C=COC(=O)N1CCC(Sc2c[nH]c3ccc(Cl)cc23)CC1. The molecule has 1 aliphatic heterocycles. The third-order valence-electron chi connectivity index (χ3n) is 3.78. The number of hydrogen-bond donors (Lipinski definition) is 1. The highest BCUT2D eigenvalue weighted by atomic mass is 35.5. The van der Waals surface area contributed by atoms with E-state index in [0.29, 0.717) is 18.3 Å². The van der Waals surface area contributed by atoms with Crippen molar-refractivity contribution in [3.8, 4) is 0 Å². The Hall–Kier alpha value is -1.59. The molecular weight excluding hydrogens is 320 g/mol. The fourth-order valence-corrected chi connectivity index (χ4v) is 4.05. The molecule has 0 saturated carbocycles. The quantitative estimate of drug-likeness (QED) is 0.829. The zero-order valence-corrected chi connectivity index (χ0v) is 13.6. The highest BCUT2D eigenvalue weighted by molar-refractivity contribution is 8.00. The molecular formula is C16H17ClN2O2S. The summed E-state index contributed by atoms with van der Waals surface area (Å²) in [5.74, 6) is 0. The molecule has 1 aliphatic rings. The van der Waals surface area contributed by atoms with Crippen LogP contribution in [0.1, 0.15) is 12.8 Å². The van der Waals surface area contributed by atoms with E-state index in [0.717, 1.165) is 28.8 Å². The Balaban J connectivity index is 1.63. The number of aromatic nitrogens is 1. The first kappa shape index (κ1) is 15.3. The van der Waals surface area contributed by atoms with Crippen molar-refractivity contribution in [2.24, 2.45) is 0 Å². The number of thioether (sulfide) groups is 1. The van der Waals surface area contributed by atoms with Gasteiger partial charge in [0.25, 0.3) is 0 Å². The van der Waals surface area contributed by atoms with Gasteiger partial charge in [0.05, 0.1) is 6.26 Å². The molecule has 0 atom stereocenters. The molecule has 0 radical (unpaired) electrons. The topological polar surface area (TPSA) is 45.3 Å². The molecule has 2 heterocycles. The van der Waals surface area contributed by atoms with Crippen LogP contribution in [0, 0.1) is 0 Å². The first-order valence-electron chi connectivity index (χ1n) is 7.17. The zero-order chi connectivity index (χ0) is 15.5. The molecule has 6 heteroatoms. The number of piperidine rings is 1. The first-order valence-corrected chi connectivity index (χ1v) is 8.43. The van der Waals surface area contributed by atoms with E-state index < -0.39 is 0 Å². The van der Waals surface area contributed by atoms with E-state index in [1.807, 2.05) is 36.2 Å². The van der Waals surface area contributed by atoms with Crippen LogP contribution in [-0.2, 0) is 4.74 Å². The van der Waals surface area contributed by atoms with Gasteiger partial charge in [0.2, 0.25) is 0 Å². The van der Waals surface area contributed by atoms with E-state index in [1.54, 1.807) is 4.90 Å². The maximum Gasteiger partial charge on any atom is 0.414 e. The van der Waals surface area contributed by atoms with Gasteiger partial charge < -0.3 is 14.6 Å². The number of H-pyrrole nitrogens is 1. The average Bonchev–Trinajstić information content (AvgIpc) is 2.90. The monoisotopic (exact) mass is 336 g/mol. The highest BCUT2D eigenvalue weighted by Crippen LogP contribution is 2.36. The number of carbonyl (C=O) groups is 1. The zero-order valence-electron chi connectivity index (χ0n) is 12.0. The summed E-state index contributed by atoms with van der Waals surface area (Å²) < 4.78 is 4.82. The van der Waals surface area contributed by atoms with Crippen molar-refractivity contribution in [1.82, 2.24) is 9.88 Å². The average molecular weight is 337 g/mol. The summed E-state index contributed by atoms with van der Waals surface area (Å²) >= 11 is 7.93. The number of rotatable bonds is 3. The number of nitrogens with zero attached hydrogens (tertiary/aromatic N) is 1. The maximum absolute atomic E-state index is 11.6. The van der Waals surface area contributed by atoms with E-state index >= 15 is 0 Å². The maximum atomic E-state index is 11.6. The minimum Gasteiger partial charge on any atom is -0.419 e. The van der Waals surface area contributed by atoms with Crippen molar-refractivity contribution < 1.29 is 9.53 Å². The molecule has 116 valence electrons. The van der Waals surface area contributed by atoms with E-state index in [-0.39, 0.29) is 6.09 Å². The highest BCUT2D eigenvalue weighted by Gasteiger charge is 2.24. The second kappa shape index (κ2) is 6.67. The lowest BCUT2D eigenvalue weighted by atomic mass is 10.1. The number of fused-ring (bicyclic) bond motifs is 1. The molecule has 22 heavy (non-hydrogen) atoms. The smallest absolute Gasteiger partial charge is 0.414 e. The summed E-state index contributed by atoms with van der Waals surface area (Å²) in [6.45, 7) is 4.84. The molecule has 0 unspecified atom stereocenters. The molecule has 1 saturated heterocycles. The predicted octanol–water partition coefficient (Wildman–Crippen LogP) is 4.66. The van der Waals surface area contributed by atoms with Gasteiger partial charge in [-0.3, -0.25) is 0 Å². The van der Waals surface area contributed by atoms with Crippen LogP contribution >= 0.6 is 23.4 Å². The van der Waals surface area contributed by atoms with E-state index in [1.165, 1.54) is 11.2 Å². The Morgan fingerprint density at radius 1 is 1.45 bits per heavy atom. The van der Waals surface area contributed by atoms with Crippen molar-refractivity contribution >= 4 is 40.4 Å². The van der Waals surface area contributed by atoms with Crippen molar-refractivity contribution in [3.05, 3.63) is 42.3 Å². The van der Waals surface area contributed by atoms with Crippen LogP contribution in [0.4, 0.5) is 4.79 Å². The number of nitrogens with one attached hydrogen (secondary N) is 1. The van der Waals surface area contributed by atoms with E-state index in [2.05, 4.69) is 11.6 Å². The molecule has 1 fully saturated rings. The van der Waals surface area contributed by atoms with Crippen LogP contribution in [0.15, 0.2) is 42.1 Å². The van der Waals surface area contributed by atoms with Gasteiger partial charge >= 0.3 is 6.09 Å². The Morgan fingerprint density at radius 3 is 2.95 bits per heavy atom. The summed E-state index contributed by atoms with van der Waals surface area (Å²) in [5.41, 5.74) is 1.10. The number of halogens is 1. The van der Waals surface area contributed by atoms with Crippen molar-refractivity contribution in [3.63, 3.8) is 0 Å². The number of likely N-dealkylation sites (tertiary alicyclic amines) is 1. The van der Waals surface area contributed by atoms with Gasteiger partial charge in [0.15, 0.2) is 0 Å². The molecule has 1 N–H and O–H groups in total. The summed E-state index contributed by atoms with van der Waals surface area (Å²) in [6.07, 6.45) is 4.80. The van der Waals surface area contributed by atoms with Gasteiger partial charge in [-0.15, -0.1) is 11.8 Å². The van der Waals surface area contributed by atoms with Crippen molar-refractivity contribution in [1.29, 1.82) is 0 Å². The lowest BCUT2D eigenvalue weighted by molar-refractivity contribution is 0.129. The van der Waals surface area contributed by atoms with Crippen molar-refractivity contribution in [2.75, 3.05) is 13.1 Å². The largest absolute Gasteiger partial charge is 0.419 e.